The minimum Gasteiger partial charge on any atom is -0.301 e. The lowest BCUT2D eigenvalue weighted by Gasteiger charge is -2.16. The van der Waals surface area contributed by atoms with Crippen LogP contribution in [-0.4, -0.2) is 39.0 Å². The number of nitrogens with one attached hydrogen (secondary N) is 1. The fourth-order valence-electron chi connectivity index (χ4n) is 2.66. The summed E-state index contributed by atoms with van der Waals surface area (Å²) in [5.41, 5.74) is 0. The van der Waals surface area contributed by atoms with Crippen LogP contribution >= 0.6 is 0 Å². The number of hydrogen-bond acceptors (Lipinski definition) is 3. The Morgan fingerprint density at radius 1 is 1.20 bits per heavy atom. The minimum atomic E-state index is -3.54. The van der Waals surface area contributed by atoms with E-state index >= 15 is 0 Å². The molecule has 1 unspecified atom stereocenters. The van der Waals surface area contributed by atoms with Gasteiger partial charge in [0.2, 0.25) is 10.0 Å². The minimum absolute atomic E-state index is 0.0381. The van der Waals surface area contributed by atoms with Crippen molar-refractivity contribution in [2.24, 2.45) is 5.92 Å². The molecule has 0 spiro atoms. The van der Waals surface area contributed by atoms with Gasteiger partial charge in [-0.15, -0.1) is 0 Å². The zero-order valence-corrected chi connectivity index (χ0v) is 12.1. The maximum absolute atomic E-state index is 12.8. The van der Waals surface area contributed by atoms with Crippen LogP contribution in [-0.2, 0) is 10.0 Å². The number of likely N-dealkylation sites (tertiary alicyclic amines) is 1. The maximum Gasteiger partial charge on any atom is 0.240 e. The summed E-state index contributed by atoms with van der Waals surface area (Å²) in [6, 6.07) is 4.90. The van der Waals surface area contributed by atoms with Gasteiger partial charge in [0.1, 0.15) is 5.82 Å². The number of rotatable bonds is 5. The highest BCUT2D eigenvalue weighted by Crippen LogP contribution is 2.30. The summed E-state index contributed by atoms with van der Waals surface area (Å²) in [5, 5.41) is 0. The van der Waals surface area contributed by atoms with Crippen LogP contribution in [0.4, 0.5) is 4.39 Å². The molecule has 1 atom stereocenters. The Kier molecular flexibility index (Phi) is 3.79. The first-order chi connectivity index (χ1) is 9.53. The largest absolute Gasteiger partial charge is 0.301 e. The van der Waals surface area contributed by atoms with Gasteiger partial charge in [0.15, 0.2) is 0 Å². The molecule has 3 rings (SSSR count). The summed E-state index contributed by atoms with van der Waals surface area (Å²) in [6.45, 7) is 2.82. The van der Waals surface area contributed by atoms with Crippen molar-refractivity contribution in [2.75, 3.05) is 19.6 Å². The Morgan fingerprint density at radius 3 is 2.55 bits per heavy atom. The highest BCUT2D eigenvalue weighted by Gasteiger charge is 2.31. The third-order valence-electron chi connectivity index (χ3n) is 3.93. The number of sulfonamides is 1. The predicted octanol–water partition coefficient (Wildman–Crippen LogP) is 1.59. The molecule has 4 nitrogen and oxygen atoms in total. The van der Waals surface area contributed by atoms with Crippen molar-refractivity contribution in [1.82, 2.24) is 9.62 Å². The second kappa shape index (κ2) is 5.42. The summed E-state index contributed by atoms with van der Waals surface area (Å²) < 4.78 is 39.9. The van der Waals surface area contributed by atoms with E-state index < -0.39 is 15.8 Å². The van der Waals surface area contributed by atoms with Crippen molar-refractivity contribution >= 4 is 10.0 Å². The van der Waals surface area contributed by atoms with Crippen LogP contribution in [0.25, 0.3) is 0 Å². The summed E-state index contributed by atoms with van der Waals surface area (Å²) in [4.78, 5) is 2.45. The van der Waals surface area contributed by atoms with Gasteiger partial charge in [0.25, 0.3) is 0 Å². The van der Waals surface area contributed by atoms with Crippen LogP contribution < -0.4 is 4.72 Å². The van der Waals surface area contributed by atoms with Crippen LogP contribution in [0.2, 0.25) is 0 Å². The average Bonchev–Trinajstić information content (AvgIpc) is 3.10. The highest BCUT2D eigenvalue weighted by atomic mass is 32.2. The fourth-order valence-corrected chi connectivity index (χ4v) is 3.92. The Morgan fingerprint density at radius 2 is 1.90 bits per heavy atom. The molecular formula is C14H19FN2O2S. The maximum atomic E-state index is 12.8. The topological polar surface area (TPSA) is 49.4 Å². The van der Waals surface area contributed by atoms with Crippen molar-refractivity contribution in [1.29, 1.82) is 0 Å². The molecule has 110 valence electrons. The summed E-state index contributed by atoms with van der Waals surface area (Å²) in [5.74, 6) is 0.392. The van der Waals surface area contributed by atoms with E-state index in [0.29, 0.717) is 0 Å². The number of hydrogen-bond donors (Lipinski definition) is 1. The molecule has 2 fully saturated rings. The Labute approximate surface area is 119 Å². The molecule has 1 aliphatic carbocycles. The molecule has 0 bridgehead atoms. The van der Waals surface area contributed by atoms with Crippen molar-refractivity contribution in [3.05, 3.63) is 30.1 Å². The number of halogens is 1. The molecule has 0 amide bonds. The normalized spacial score (nSPS) is 24.1. The van der Waals surface area contributed by atoms with Gasteiger partial charge in [-0.3, -0.25) is 0 Å². The van der Waals surface area contributed by atoms with Crippen molar-refractivity contribution in [3.8, 4) is 0 Å². The van der Waals surface area contributed by atoms with Gasteiger partial charge in [0.05, 0.1) is 4.90 Å². The lowest BCUT2D eigenvalue weighted by atomic mass is 10.3. The second-order valence-electron chi connectivity index (χ2n) is 5.76. The Hall–Kier alpha value is -0.980. The molecule has 1 saturated carbocycles. The first-order valence-electron chi connectivity index (χ1n) is 7.03. The molecule has 6 heteroatoms. The zero-order chi connectivity index (χ0) is 14.2. The Bertz CT molecular complexity index is 569. The van der Waals surface area contributed by atoms with Crippen molar-refractivity contribution in [3.63, 3.8) is 0 Å². The van der Waals surface area contributed by atoms with E-state index in [1.165, 1.54) is 37.1 Å². The predicted molar refractivity (Wildman–Crippen MR) is 74.3 cm³/mol. The third kappa shape index (κ3) is 3.37. The summed E-state index contributed by atoms with van der Waals surface area (Å²) >= 11 is 0. The van der Waals surface area contributed by atoms with Crippen LogP contribution in [0.15, 0.2) is 29.2 Å². The fraction of sp³-hybridized carbons (Fsp3) is 0.571. The van der Waals surface area contributed by atoms with Gasteiger partial charge in [-0.05, 0) is 56.0 Å². The van der Waals surface area contributed by atoms with Crippen LogP contribution in [0.1, 0.15) is 19.3 Å². The molecule has 1 saturated heterocycles. The lowest BCUT2D eigenvalue weighted by molar-refractivity contribution is 0.318. The van der Waals surface area contributed by atoms with Gasteiger partial charge < -0.3 is 4.90 Å². The van der Waals surface area contributed by atoms with Gasteiger partial charge in [0, 0.05) is 19.1 Å². The molecule has 0 radical (unpaired) electrons. The van der Waals surface area contributed by atoms with E-state index in [4.69, 9.17) is 0 Å². The Balaban J connectivity index is 1.60. The monoisotopic (exact) mass is 298 g/mol. The van der Waals surface area contributed by atoms with Gasteiger partial charge in [-0.1, -0.05) is 0 Å². The number of benzene rings is 1. The van der Waals surface area contributed by atoms with E-state index in [0.717, 1.165) is 32.0 Å². The summed E-state index contributed by atoms with van der Waals surface area (Å²) in [6.07, 6.45) is 3.46. The van der Waals surface area contributed by atoms with Gasteiger partial charge >= 0.3 is 0 Å². The molecular weight excluding hydrogens is 279 g/mol. The first kappa shape index (κ1) is 14.0. The molecule has 1 aromatic rings. The van der Waals surface area contributed by atoms with Gasteiger partial charge in [-0.2, -0.15) is 0 Å². The quantitative estimate of drug-likeness (QED) is 0.898. The third-order valence-corrected chi connectivity index (χ3v) is 5.47. The zero-order valence-electron chi connectivity index (χ0n) is 11.3. The molecule has 2 aliphatic rings. The van der Waals surface area contributed by atoms with E-state index in [1.54, 1.807) is 0 Å². The molecule has 20 heavy (non-hydrogen) atoms. The molecule has 1 aromatic carbocycles. The van der Waals surface area contributed by atoms with E-state index in [9.17, 15) is 12.8 Å². The smallest absolute Gasteiger partial charge is 0.240 e. The van der Waals surface area contributed by atoms with Crippen LogP contribution in [0, 0.1) is 11.7 Å². The second-order valence-corrected chi connectivity index (χ2v) is 7.48. The van der Waals surface area contributed by atoms with E-state index in [-0.39, 0.29) is 10.9 Å². The first-order valence-corrected chi connectivity index (χ1v) is 8.51. The molecule has 0 aromatic heterocycles. The lowest BCUT2D eigenvalue weighted by Crippen LogP contribution is -2.37. The van der Waals surface area contributed by atoms with Crippen LogP contribution in [0.5, 0.6) is 0 Å². The van der Waals surface area contributed by atoms with Crippen molar-refractivity contribution < 1.29 is 12.8 Å². The highest BCUT2D eigenvalue weighted by molar-refractivity contribution is 7.89. The van der Waals surface area contributed by atoms with Crippen molar-refractivity contribution in [2.45, 2.75) is 30.2 Å². The molecule has 1 heterocycles. The van der Waals surface area contributed by atoms with E-state index in [1.807, 2.05) is 0 Å². The van der Waals surface area contributed by atoms with E-state index in [2.05, 4.69) is 9.62 Å². The SMILES string of the molecule is O=S(=O)(NC1CCN(CC2CC2)C1)c1ccc(F)cc1. The van der Waals surface area contributed by atoms with Gasteiger partial charge in [-0.25, -0.2) is 17.5 Å². The summed E-state index contributed by atoms with van der Waals surface area (Å²) in [7, 11) is -3.54. The average molecular weight is 298 g/mol. The standard InChI is InChI=1S/C14H19FN2O2S/c15-12-3-5-14(6-4-12)20(18,19)16-13-7-8-17(10-13)9-11-1-2-11/h3-6,11,13,16H,1-2,7-10H2. The molecule has 1 N–H and O–H groups in total. The number of nitrogens with zero attached hydrogens (tertiary/aromatic N) is 1. The van der Waals surface area contributed by atoms with Crippen LogP contribution in [0.3, 0.4) is 0 Å². The molecule has 1 aliphatic heterocycles.